The van der Waals surface area contributed by atoms with Crippen LogP contribution in [0.15, 0.2) is 24.3 Å². The van der Waals surface area contributed by atoms with Gasteiger partial charge in [-0.25, -0.2) is 0 Å². The van der Waals surface area contributed by atoms with E-state index in [4.69, 9.17) is 11.6 Å². The van der Waals surface area contributed by atoms with E-state index in [0.717, 1.165) is 43.5 Å². The number of halogens is 1. The number of rotatable bonds is 2. The van der Waals surface area contributed by atoms with E-state index in [1.165, 1.54) is 5.56 Å². The van der Waals surface area contributed by atoms with E-state index in [-0.39, 0.29) is 5.41 Å². The quantitative estimate of drug-likeness (QED) is 0.876. The number of hydrogen-bond donors (Lipinski definition) is 1. The molecule has 2 nitrogen and oxygen atoms in total. The fourth-order valence-corrected chi connectivity index (χ4v) is 3.95. The Balaban J connectivity index is 1.91. The second kappa shape index (κ2) is 3.99. The van der Waals surface area contributed by atoms with Crippen LogP contribution in [0.3, 0.4) is 0 Å². The van der Waals surface area contributed by atoms with Crippen LogP contribution in [0.1, 0.15) is 44.1 Å². The maximum Gasteiger partial charge on any atom is 0.309 e. The number of hydrogen-bond acceptors (Lipinski definition) is 1. The standard InChI is InChI=1S/C15H17ClO2/c16-12-3-1-2-11(10-12)14-4-7-15(8-5-14,9-6-14)13(17)18/h1-3,10H,4-9H2,(H,17,18). The molecule has 1 N–H and O–H groups in total. The Morgan fingerprint density at radius 3 is 2.22 bits per heavy atom. The van der Waals surface area contributed by atoms with Crippen molar-refractivity contribution < 1.29 is 9.90 Å². The Bertz CT molecular complexity index is 470. The van der Waals surface area contributed by atoms with E-state index >= 15 is 0 Å². The van der Waals surface area contributed by atoms with Crippen molar-refractivity contribution >= 4 is 17.6 Å². The van der Waals surface area contributed by atoms with Gasteiger partial charge in [-0.05, 0) is 61.6 Å². The molecule has 1 aromatic carbocycles. The lowest BCUT2D eigenvalue weighted by Gasteiger charge is -2.51. The molecule has 3 heteroatoms. The summed E-state index contributed by atoms with van der Waals surface area (Å²) in [4.78, 5) is 11.4. The average molecular weight is 265 g/mol. The van der Waals surface area contributed by atoms with Crippen LogP contribution in [0.5, 0.6) is 0 Å². The van der Waals surface area contributed by atoms with E-state index in [1.54, 1.807) is 0 Å². The van der Waals surface area contributed by atoms with Gasteiger partial charge in [0.05, 0.1) is 5.41 Å². The fraction of sp³-hybridized carbons (Fsp3) is 0.533. The first-order valence-corrected chi connectivity index (χ1v) is 6.94. The van der Waals surface area contributed by atoms with Gasteiger partial charge in [0, 0.05) is 5.02 Å². The second-order valence-electron chi connectivity index (χ2n) is 5.88. The summed E-state index contributed by atoms with van der Waals surface area (Å²) in [5.41, 5.74) is 1.05. The minimum absolute atomic E-state index is 0.183. The molecule has 0 spiro atoms. The van der Waals surface area contributed by atoms with Gasteiger partial charge in [0.25, 0.3) is 0 Å². The Morgan fingerprint density at radius 1 is 1.11 bits per heavy atom. The van der Waals surface area contributed by atoms with Crippen LogP contribution < -0.4 is 0 Å². The first-order chi connectivity index (χ1) is 8.56. The topological polar surface area (TPSA) is 37.3 Å². The van der Waals surface area contributed by atoms with Gasteiger partial charge < -0.3 is 5.11 Å². The third-order valence-electron chi connectivity index (χ3n) is 5.14. The number of carboxylic acid groups (broad SMARTS) is 1. The van der Waals surface area contributed by atoms with Crippen molar-refractivity contribution in [1.82, 2.24) is 0 Å². The summed E-state index contributed by atoms with van der Waals surface area (Å²) in [5, 5.41) is 10.2. The Morgan fingerprint density at radius 2 is 1.72 bits per heavy atom. The number of carboxylic acids is 1. The molecule has 4 rings (SSSR count). The minimum atomic E-state index is -0.595. The highest BCUT2D eigenvalue weighted by Crippen LogP contribution is 2.57. The minimum Gasteiger partial charge on any atom is -0.481 e. The highest BCUT2D eigenvalue weighted by molar-refractivity contribution is 6.30. The zero-order valence-electron chi connectivity index (χ0n) is 10.3. The molecule has 0 aromatic heterocycles. The van der Waals surface area contributed by atoms with Crippen LogP contribution in [0.2, 0.25) is 5.02 Å². The lowest BCUT2D eigenvalue weighted by atomic mass is 9.52. The van der Waals surface area contributed by atoms with Gasteiger partial charge in [-0.3, -0.25) is 4.79 Å². The molecule has 0 aliphatic heterocycles. The zero-order chi connectivity index (χ0) is 12.8. The SMILES string of the molecule is O=C(O)C12CCC(c3cccc(Cl)c3)(CC1)CC2. The van der Waals surface area contributed by atoms with Crippen molar-refractivity contribution in [3.05, 3.63) is 34.9 Å². The molecule has 3 fully saturated rings. The molecule has 3 saturated carbocycles. The summed E-state index contributed by atoms with van der Waals surface area (Å²) in [5.74, 6) is -0.595. The van der Waals surface area contributed by atoms with Crippen molar-refractivity contribution in [2.45, 2.75) is 43.9 Å². The third kappa shape index (κ3) is 1.66. The number of aliphatic carboxylic acids is 1. The van der Waals surface area contributed by atoms with Crippen molar-refractivity contribution in [2.24, 2.45) is 5.41 Å². The van der Waals surface area contributed by atoms with Crippen molar-refractivity contribution in [3.8, 4) is 0 Å². The van der Waals surface area contributed by atoms with Crippen molar-refractivity contribution in [3.63, 3.8) is 0 Å². The summed E-state index contributed by atoms with van der Waals surface area (Å²) in [7, 11) is 0. The van der Waals surface area contributed by atoms with E-state index < -0.39 is 11.4 Å². The molecule has 96 valence electrons. The number of fused-ring (bicyclic) bond motifs is 3. The molecule has 3 aliphatic rings. The van der Waals surface area contributed by atoms with Crippen LogP contribution in [-0.2, 0) is 10.2 Å². The third-order valence-corrected chi connectivity index (χ3v) is 5.37. The van der Waals surface area contributed by atoms with Crippen LogP contribution in [0.25, 0.3) is 0 Å². The Kier molecular flexibility index (Phi) is 2.67. The molecule has 0 atom stereocenters. The second-order valence-corrected chi connectivity index (χ2v) is 6.31. The van der Waals surface area contributed by atoms with Gasteiger partial charge in [-0.15, -0.1) is 0 Å². The molecular formula is C15H17ClO2. The molecule has 18 heavy (non-hydrogen) atoms. The fourth-order valence-electron chi connectivity index (χ4n) is 3.76. The summed E-state index contributed by atoms with van der Waals surface area (Å²) in [6, 6.07) is 8.10. The molecule has 0 unspecified atom stereocenters. The predicted octanol–water partition coefficient (Wildman–Crippen LogP) is 4.02. The van der Waals surface area contributed by atoms with Crippen LogP contribution in [0, 0.1) is 5.41 Å². The lowest BCUT2D eigenvalue weighted by Crippen LogP contribution is -2.47. The predicted molar refractivity (Wildman–Crippen MR) is 70.9 cm³/mol. The smallest absolute Gasteiger partial charge is 0.309 e. The zero-order valence-corrected chi connectivity index (χ0v) is 11.0. The molecule has 0 saturated heterocycles. The summed E-state index contributed by atoms with van der Waals surface area (Å²) in [6.07, 6.45) is 5.40. The summed E-state index contributed by atoms with van der Waals surface area (Å²) in [6.45, 7) is 0. The molecule has 0 amide bonds. The van der Waals surface area contributed by atoms with Crippen molar-refractivity contribution in [1.29, 1.82) is 0 Å². The average Bonchev–Trinajstić information content (AvgIpc) is 2.41. The van der Waals surface area contributed by atoms with Gasteiger partial charge in [0.15, 0.2) is 0 Å². The van der Waals surface area contributed by atoms with E-state index in [9.17, 15) is 9.90 Å². The van der Waals surface area contributed by atoms with Crippen LogP contribution in [-0.4, -0.2) is 11.1 Å². The summed E-state index contributed by atoms with van der Waals surface area (Å²) >= 11 is 6.08. The molecule has 0 heterocycles. The summed E-state index contributed by atoms with van der Waals surface area (Å²) < 4.78 is 0. The van der Waals surface area contributed by atoms with E-state index in [1.807, 2.05) is 12.1 Å². The largest absolute Gasteiger partial charge is 0.481 e. The molecule has 0 radical (unpaired) electrons. The Labute approximate surface area is 112 Å². The van der Waals surface area contributed by atoms with Gasteiger partial charge in [-0.2, -0.15) is 0 Å². The maximum absolute atomic E-state index is 11.4. The normalized spacial score (nSPS) is 34.5. The maximum atomic E-state index is 11.4. The highest BCUT2D eigenvalue weighted by atomic mass is 35.5. The lowest BCUT2D eigenvalue weighted by molar-refractivity contribution is -0.156. The van der Waals surface area contributed by atoms with E-state index in [2.05, 4.69) is 12.1 Å². The molecular weight excluding hydrogens is 248 g/mol. The van der Waals surface area contributed by atoms with Crippen LogP contribution in [0.4, 0.5) is 0 Å². The number of benzene rings is 1. The Hall–Kier alpha value is -1.02. The molecule has 1 aromatic rings. The van der Waals surface area contributed by atoms with Gasteiger partial charge in [-0.1, -0.05) is 23.7 Å². The number of carbonyl (C=O) groups is 1. The van der Waals surface area contributed by atoms with Gasteiger partial charge >= 0.3 is 5.97 Å². The monoisotopic (exact) mass is 264 g/mol. The molecule has 2 bridgehead atoms. The highest BCUT2D eigenvalue weighted by Gasteiger charge is 2.53. The first-order valence-electron chi connectivity index (χ1n) is 6.56. The first kappa shape index (κ1) is 12.0. The van der Waals surface area contributed by atoms with Gasteiger partial charge in [0.2, 0.25) is 0 Å². The van der Waals surface area contributed by atoms with Gasteiger partial charge in [0.1, 0.15) is 0 Å². The van der Waals surface area contributed by atoms with E-state index in [0.29, 0.717) is 0 Å². The molecule has 3 aliphatic carbocycles. The van der Waals surface area contributed by atoms with Crippen molar-refractivity contribution in [2.75, 3.05) is 0 Å². The van der Waals surface area contributed by atoms with Crippen LogP contribution >= 0.6 is 11.6 Å².